The third-order valence-electron chi connectivity index (χ3n) is 9.20. The molecule has 0 aliphatic rings. The van der Waals surface area contributed by atoms with Gasteiger partial charge < -0.3 is 14.4 Å². The van der Waals surface area contributed by atoms with E-state index in [9.17, 15) is 5.26 Å². The van der Waals surface area contributed by atoms with Crippen molar-refractivity contribution in [3.63, 3.8) is 0 Å². The molecular formula is C47H45IrN3O-2. The maximum Gasteiger partial charge on any atom is 0.130 e. The number of fused-ring (bicyclic) bond motifs is 3. The molecule has 0 amide bonds. The zero-order chi connectivity index (χ0) is 36.6. The average Bonchev–Trinajstić information content (AvgIpc) is 3.50. The van der Waals surface area contributed by atoms with Gasteiger partial charge in [-0.1, -0.05) is 128 Å². The fourth-order valence-corrected chi connectivity index (χ4v) is 6.24. The number of hydrogen-bond acceptors (Lipinski definition) is 4. The molecule has 0 fully saturated rings. The van der Waals surface area contributed by atoms with Gasteiger partial charge in [0.1, 0.15) is 5.58 Å². The molecule has 3 aromatic heterocycles. The van der Waals surface area contributed by atoms with E-state index in [2.05, 4.69) is 116 Å². The molecule has 3 heterocycles. The number of pyridine rings is 2. The van der Waals surface area contributed by atoms with Gasteiger partial charge >= 0.3 is 0 Å². The number of aromatic nitrogens is 2. The van der Waals surface area contributed by atoms with Crippen LogP contribution in [0.25, 0.3) is 55.6 Å². The third-order valence-corrected chi connectivity index (χ3v) is 9.20. The van der Waals surface area contributed by atoms with E-state index >= 15 is 0 Å². The number of nitrogens with zero attached hydrogens (tertiary/aromatic N) is 3. The summed E-state index contributed by atoms with van der Waals surface area (Å²) < 4.78 is 6.71. The van der Waals surface area contributed by atoms with Gasteiger partial charge in [0.25, 0.3) is 0 Å². The Labute approximate surface area is 322 Å². The molecule has 0 aliphatic carbocycles. The Morgan fingerprint density at radius 3 is 1.98 bits per heavy atom. The second kappa shape index (κ2) is 15.0. The van der Waals surface area contributed by atoms with Crippen LogP contribution in [-0.4, -0.2) is 9.97 Å². The van der Waals surface area contributed by atoms with E-state index in [0.29, 0.717) is 5.56 Å². The molecule has 0 saturated heterocycles. The third kappa shape index (κ3) is 7.95. The molecule has 7 aromatic rings. The summed E-state index contributed by atoms with van der Waals surface area (Å²) in [4.78, 5) is 9.19. The molecule has 1 radical (unpaired) electrons. The molecule has 0 N–H and O–H groups in total. The van der Waals surface area contributed by atoms with Crippen molar-refractivity contribution in [1.29, 1.82) is 5.26 Å². The zero-order valence-electron chi connectivity index (χ0n) is 31.5. The Bertz CT molecular complexity index is 2350. The molecule has 0 unspecified atom stereocenters. The Morgan fingerprint density at radius 2 is 1.38 bits per heavy atom. The smallest absolute Gasteiger partial charge is 0.130 e. The van der Waals surface area contributed by atoms with Crippen molar-refractivity contribution in [3.8, 4) is 39.7 Å². The molecule has 0 bridgehead atoms. The minimum absolute atomic E-state index is 0. The minimum Gasteiger partial charge on any atom is -0.500 e. The Balaban J connectivity index is 0.000000258. The first kappa shape index (κ1) is 38.4. The summed E-state index contributed by atoms with van der Waals surface area (Å²) in [7, 11) is 0. The number of nitriles is 1. The standard InChI is InChI=1S/C32H29N2O.C15H16N.Ir/c1-31(2,3)22-16-17-34-26(18-22)23-14-15-25(32(4,5)6)28-24-13-12-21(19-33)27(30(24)35-29(23)28)20-10-8-7-9-11-20;1-15(2,3)13-9-10-14(16-11-13)12-7-5-4-6-8-12;/h7-13,15-18H,1-6H3;4-7,9-11H,1-3H3;/q2*-1;. The number of furan rings is 1. The van der Waals surface area contributed by atoms with Gasteiger partial charge in [-0.05, 0) is 56.5 Å². The number of benzene rings is 4. The van der Waals surface area contributed by atoms with Crippen LogP contribution in [0, 0.1) is 23.5 Å². The van der Waals surface area contributed by atoms with E-state index in [0.717, 1.165) is 61.1 Å². The van der Waals surface area contributed by atoms with Gasteiger partial charge in [-0.3, -0.25) is 0 Å². The number of hydrogen-bond donors (Lipinski definition) is 0. The van der Waals surface area contributed by atoms with Gasteiger partial charge in [0, 0.05) is 43.4 Å². The second-order valence-corrected chi connectivity index (χ2v) is 16.1. The Hall–Kier alpha value is -4.88. The SMILES string of the molecule is CC(C)(C)c1ccc(-c2[c-]cccc2)nc1.CC(C)(C)c1ccnc(-c2[c-]cc(C(C)(C)C)c3c2oc2c(-c4ccccc4)c(C#N)ccc23)c1.[Ir]. The molecule has 0 atom stereocenters. The van der Waals surface area contributed by atoms with Crippen LogP contribution in [0.4, 0.5) is 0 Å². The maximum atomic E-state index is 9.93. The Morgan fingerprint density at radius 1 is 0.673 bits per heavy atom. The fourth-order valence-electron chi connectivity index (χ4n) is 6.24. The summed E-state index contributed by atoms with van der Waals surface area (Å²) in [5.74, 6) is 0. The van der Waals surface area contributed by atoms with Crippen LogP contribution >= 0.6 is 0 Å². The first-order valence-corrected chi connectivity index (χ1v) is 17.5. The van der Waals surface area contributed by atoms with Crippen molar-refractivity contribution in [2.75, 3.05) is 0 Å². The monoisotopic (exact) mass is 860 g/mol. The van der Waals surface area contributed by atoms with Crippen LogP contribution in [0.2, 0.25) is 0 Å². The Kier molecular flexibility index (Phi) is 11.1. The van der Waals surface area contributed by atoms with Crippen LogP contribution in [0.3, 0.4) is 0 Å². The van der Waals surface area contributed by atoms with Gasteiger partial charge in [0.2, 0.25) is 0 Å². The fraction of sp³-hybridized carbons (Fsp3) is 0.255. The van der Waals surface area contributed by atoms with Crippen molar-refractivity contribution in [2.24, 2.45) is 0 Å². The van der Waals surface area contributed by atoms with Crippen LogP contribution in [0.15, 0.2) is 114 Å². The van der Waals surface area contributed by atoms with Crippen molar-refractivity contribution >= 4 is 21.9 Å². The first-order chi connectivity index (χ1) is 24.2. The van der Waals surface area contributed by atoms with Crippen LogP contribution in [-0.2, 0) is 36.4 Å². The topological polar surface area (TPSA) is 62.7 Å². The van der Waals surface area contributed by atoms with E-state index in [1.165, 1.54) is 11.1 Å². The molecule has 4 nitrogen and oxygen atoms in total. The summed E-state index contributed by atoms with van der Waals surface area (Å²) in [6.45, 7) is 19.8. The first-order valence-electron chi connectivity index (χ1n) is 17.5. The molecule has 5 heteroatoms. The van der Waals surface area contributed by atoms with Gasteiger partial charge in [0.15, 0.2) is 0 Å². The summed E-state index contributed by atoms with van der Waals surface area (Å²) >= 11 is 0. The van der Waals surface area contributed by atoms with E-state index in [1.54, 1.807) is 0 Å². The average molecular weight is 860 g/mol. The predicted molar refractivity (Wildman–Crippen MR) is 211 cm³/mol. The molecule has 0 aliphatic heterocycles. The second-order valence-electron chi connectivity index (χ2n) is 16.1. The maximum absolute atomic E-state index is 9.93. The van der Waals surface area contributed by atoms with Crippen LogP contribution < -0.4 is 0 Å². The van der Waals surface area contributed by atoms with Crippen molar-refractivity contribution in [1.82, 2.24) is 9.97 Å². The van der Waals surface area contributed by atoms with Crippen molar-refractivity contribution in [2.45, 2.75) is 78.6 Å². The van der Waals surface area contributed by atoms with Crippen molar-refractivity contribution < 1.29 is 24.5 Å². The van der Waals surface area contributed by atoms with Gasteiger partial charge in [-0.25, -0.2) is 0 Å². The molecule has 0 saturated carbocycles. The molecule has 7 rings (SSSR count). The van der Waals surface area contributed by atoms with E-state index < -0.39 is 0 Å². The zero-order valence-corrected chi connectivity index (χ0v) is 33.9. The van der Waals surface area contributed by atoms with E-state index in [-0.39, 0.29) is 36.4 Å². The van der Waals surface area contributed by atoms with Gasteiger partial charge in [0.05, 0.1) is 17.2 Å². The predicted octanol–water partition coefficient (Wildman–Crippen LogP) is 12.4. The number of rotatable bonds is 3. The molecular weight excluding hydrogens is 815 g/mol. The normalized spacial score (nSPS) is 11.8. The van der Waals surface area contributed by atoms with Gasteiger partial charge in [-0.2, -0.15) is 5.26 Å². The van der Waals surface area contributed by atoms with Gasteiger partial charge in [-0.15, -0.1) is 53.6 Å². The van der Waals surface area contributed by atoms with Crippen LogP contribution in [0.1, 0.15) is 84.6 Å². The quantitative estimate of drug-likeness (QED) is 0.166. The molecule has 265 valence electrons. The summed E-state index contributed by atoms with van der Waals surface area (Å²) in [5.41, 5.74) is 11.2. The molecule has 52 heavy (non-hydrogen) atoms. The van der Waals surface area contributed by atoms with E-state index in [1.807, 2.05) is 79.1 Å². The molecule has 4 aromatic carbocycles. The summed E-state index contributed by atoms with van der Waals surface area (Å²) in [6, 6.07) is 41.4. The van der Waals surface area contributed by atoms with E-state index in [4.69, 9.17) is 9.40 Å². The van der Waals surface area contributed by atoms with Crippen LogP contribution in [0.5, 0.6) is 0 Å². The summed E-state index contributed by atoms with van der Waals surface area (Å²) in [5, 5.41) is 12.0. The van der Waals surface area contributed by atoms with Crippen molar-refractivity contribution in [3.05, 3.63) is 144 Å². The largest absolute Gasteiger partial charge is 0.500 e. The molecule has 0 spiro atoms. The summed E-state index contributed by atoms with van der Waals surface area (Å²) in [6.07, 6.45) is 3.81. The minimum atomic E-state index is -0.119.